The van der Waals surface area contributed by atoms with E-state index < -0.39 is 10.7 Å². The second-order valence-electron chi connectivity index (χ2n) is 3.18. The first-order chi connectivity index (χ1) is 7.58. The zero-order valence-electron chi connectivity index (χ0n) is 8.27. The summed E-state index contributed by atoms with van der Waals surface area (Å²) in [5, 5.41) is 17.5. The quantitative estimate of drug-likeness (QED) is 0.843. The second-order valence-corrected chi connectivity index (χ2v) is 4.28. The van der Waals surface area contributed by atoms with Crippen LogP contribution in [0.1, 0.15) is 16.7 Å². The summed E-state index contributed by atoms with van der Waals surface area (Å²) in [4.78, 5) is 10.4. The van der Waals surface area contributed by atoms with Gasteiger partial charge in [0.25, 0.3) is 0 Å². The number of amides is 1. The fourth-order valence-corrected chi connectivity index (χ4v) is 1.59. The molecule has 0 aliphatic rings. The summed E-state index contributed by atoms with van der Waals surface area (Å²) < 4.78 is 0. The van der Waals surface area contributed by atoms with Crippen LogP contribution in [0.5, 0.6) is 0 Å². The molecule has 0 saturated carbocycles. The van der Waals surface area contributed by atoms with Crippen LogP contribution in [0.3, 0.4) is 0 Å². The lowest BCUT2D eigenvalue weighted by Crippen LogP contribution is -2.25. The predicted octanol–water partition coefficient (Wildman–Crippen LogP) is 1.22. The topological polar surface area (TPSA) is 90.7 Å². The first-order valence-electron chi connectivity index (χ1n) is 4.45. The Kier molecular flexibility index (Phi) is 4.04. The van der Waals surface area contributed by atoms with Crippen LogP contribution in [0, 0.1) is 22.7 Å². The number of hydrogen-bond acceptors (Lipinski definition) is 3. The van der Waals surface area contributed by atoms with Gasteiger partial charge in [0, 0.05) is 0 Å². The number of primary amides is 1. The van der Waals surface area contributed by atoms with Gasteiger partial charge in [0.05, 0.1) is 16.0 Å². The van der Waals surface area contributed by atoms with Crippen molar-refractivity contribution in [1.29, 1.82) is 10.5 Å². The molecule has 5 heteroatoms. The summed E-state index contributed by atoms with van der Waals surface area (Å²) in [5.74, 6) is -0.456. The molecule has 4 nitrogen and oxygen atoms in total. The molecular formula is C11H8BrN3O. The van der Waals surface area contributed by atoms with Gasteiger partial charge in [0.15, 0.2) is 0 Å². The zero-order valence-corrected chi connectivity index (χ0v) is 9.86. The first-order valence-corrected chi connectivity index (χ1v) is 5.36. The molecule has 16 heavy (non-hydrogen) atoms. The lowest BCUT2D eigenvalue weighted by molar-refractivity contribution is -0.117. The molecule has 0 aliphatic carbocycles. The van der Waals surface area contributed by atoms with E-state index in [2.05, 4.69) is 15.9 Å². The fraction of sp³-hybridized carbons (Fsp3) is 0.182. The average Bonchev–Trinajstić information content (AvgIpc) is 2.28. The van der Waals surface area contributed by atoms with Gasteiger partial charge in [-0.1, -0.05) is 22.0 Å². The summed E-state index contributed by atoms with van der Waals surface area (Å²) in [6.07, 6.45) is 0.399. The van der Waals surface area contributed by atoms with Crippen molar-refractivity contribution in [3.05, 3.63) is 34.9 Å². The summed E-state index contributed by atoms with van der Waals surface area (Å²) >= 11 is 3.14. The highest BCUT2D eigenvalue weighted by Gasteiger charge is 2.12. The van der Waals surface area contributed by atoms with Crippen LogP contribution < -0.4 is 5.73 Å². The number of carbonyl (C=O) groups is 1. The molecule has 0 fully saturated rings. The number of nitrogens with zero attached hydrogens (tertiary/aromatic N) is 2. The van der Waals surface area contributed by atoms with Crippen molar-refractivity contribution in [2.45, 2.75) is 11.2 Å². The molecule has 1 atom stereocenters. The van der Waals surface area contributed by atoms with Crippen LogP contribution in [-0.2, 0) is 11.2 Å². The molecule has 1 rings (SSSR count). The highest BCUT2D eigenvalue weighted by molar-refractivity contribution is 9.10. The molecule has 0 aliphatic heterocycles. The van der Waals surface area contributed by atoms with E-state index in [0.717, 1.165) is 5.56 Å². The van der Waals surface area contributed by atoms with Crippen LogP contribution in [0.2, 0.25) is 0 Å². The van der Waals surface area contributed by atoms with Crippen LogP contribution in [0.25, 0.3) is 0 Å². The first kappa shape index (κ1) is 12.2. The van der Waals surface area contributed by atoms with Crippen molar-refractivity contribution >= 4 is 21.8 Å². The summed E-state index contributed by atoms with van der Waals surface area (Å²) in [6, 6.07) is 8.72. The van der Waals surface area contributed by atoms with Crippen LogP contribution in [0.4, 0.5) is 0 Å². The molecule has 0 bridgehead atoms. The maximum atomic E-state index is 10.8. The molecule has 0 spiro atoms. The summed E-state index contributed by atoms with van der Waals surface area (Å²) in [7, 11) is 0. The van der Waals surface area contributed by atoms with Crippen LogP contribution in [0.15, 0.2) is 18.2 Å². The Balaban J connectivity index is 2.98. The summed E-state index contributed by atoms with van der Waals surface area (Å²) in [6.45, 7) is 0. The average molecular weight is 278 g/mol. The molecule has 0 radical (unpaired) electrons. The summed E-state index contributed by atoms with van der Waals surface area (Å²) in [5.41, 5.74) is 6.53. The van der Waals surface area contributed by atoms with E-state index >= 15 is 0 Å². The molecule has 0 heterocycles. The number of halogens is 1. The minimum atomic E-state index is -0.466. The minimum Gasteiger partial charge on any atom is -0.369 e. The Bertz CT molecular complexity index is 499. The van der Waals surface area contributed by atoms with E-state index in [1.54, 1.807) is 18.2 Å². The zero-order chi connectivity index (χ0) is 12.1. The monoisotopic (exact) mass is 277 g/mol. The highest BCUT2D eigenvalue weighted by atomic mass is 79.9. The third-order valence-corrected chi connectivity index (χ3v) is 2.82. The molecule has 1 aromatic carbocycles. The number of alkyl halides is 1. The number of nitrogens with two attached hydrogens (primary N) is 1. The largest absolute Gasteiger partial charge is 0.369 e. The Morgan fingerprint density at radius 3 is 2.50 bits per heavy atom. The van der Waals surface area contributed by atoms with E-state index in [4.69, 9.17) is 16.3 Å². The fourth-order valence-electron chi connectivity index (χ4n) is 1.22. The van der Waals surface area contributed by atoms with Gasteiger partial charge in [-0.05, 0) is 24.1 Å². The Labute approximate surface area is 101 Å². The van der Waals surface area contributed by atoms with E-state index in [0.29, 0.717) is 17.5 Å². The number of hydrogen-bond donors (Lipinski definition) is 1. The SMILES string of the molecule is N#Cc1ccc(CC(Br)C(N)=O)cc1C#N. The molecule has 80 valence electrons. The molecule has 0 aromatic heterocycles. The van der Waals surface area contributed by atoms with Gasteiger partial charge >= 0.3 is 0 Å². The molecule has 1 aromatic rings. The van der Waals surface area contributed by atoms with Crippen LogP contribution >= 0.6 is 15.9 Å². The van der Waals surface area contributed by atoms with Crippen molar-refractivity contribution in [1.82, 2.24) is 0 Å². The van der Waals surface area contributed by atoms with Crippen molar-refractivity contribution in [3.8, 4) is 12.1 Å². The highest BCUT2D eigenvalue weighted by Crippen LogP contribution is 2.14. The molecule has 1 amide bonds. The van der Waals surface area contributed by atoms with Crippen molar-refractivity contribution in [3.63, 3.8) is 0 Å². The number of carbonyl (C=O) groups excluding carboxylic acids is 1. The van der Waals surface area contributed by atoms with Gasteiger partial charge < -0.3 is 5.73 Å². The van der Waals surface area contributed by atoms with Gasteiger partial charge in [-0.25, -0.2) is 0 Å². The lowest BCUT2D eigenvalue weighted by Gasteiger charge is -2.06. The Hall–Kier alpha value is -1.85. The van der Waals surface area contributed by atoms with E-state index in [-0.39, 0.29) is 0 Å². The predicted molar refractivity (Wildman–Crippen MR) is 61.5 cm³/mol. The van der Waals surface area contributed by atoms with Crippen molar-refractivity contribution in [2.24, 2.45) is 5.73 Å². The Morgan fingerprint density at radius 1 is 1.38 bits per heavy atom. The third-order valence-electron chi connectivity index (χ3n) is 2.05. The van der Waals surface area contributed by atoms with Gasteiger partial charge in [0.1, 0.15) is 12.1 Å². The molecular weight excluding hydrogens is 270 g/mol. The normalized spacial score (nSPS) is 11.2. The van der Waals surface area contributed by atoms with E-state index in [9.17, 15) is 4.79 Å². The number of benzene rings is 1. The molecule has 1 unspecified atom stereocenters. The van der Waals surface area contributed by atoms with Crippen LogP contribution in [-0.4, -0.2) is 10.7 Å². The smallest absolute Gasteiger partial charge is 0.231 e. The van der Waals surface area contributed by atoms with Crippen molar-refractivity contribution < 1.29 is 4.79 Å². The van der Waals surface area contributed by atoms with E-state index in [1.165, 1.54) is 0 Å². The maximum Gasteiger partial charge on any atom is 0.231 e. The Morgan fingerprint density at radius 2 is 2.00 bits per heavy atom. The maximum absolute atomic E-state index is 10.8. The lowest BCUT2D eigenvalue weighted by atomic mass is 10.0. The minimum absolute atomic E-state index is 0.309. The number of rotatable bonds is 3. The van der Waals surface area contributed by atoms with Gasteiger partial charge in [-0.3, -0.25) is 4.79 Å². The van der Waals surface area contributed by atoms with Gasteiger partial charge in [-0.15, -0.1) is 0 Å². The van der Waals surface area contributed by atoms with Gasteiger partial charge in [0.2, 0.25) is 5.91 Å². The van der Waals surface area contributed by atoms with E-state index in [1.807, 2.05) is 12.1 Å². The molecule has 0 saturated heterocycles. The van der Waals surface area contributed by atoms with Crippen molar-refractivity contribution in [2.75, 3.05) is 0 Å². The second kappa shape index (κ2) is 5.29. The third kappa shape index (κ3) is 2.82. The molecule has 2 N–H and O–H groups in total. The number of nitriles is 2. The van der Waals surface area contributed by atoms with Gasteiger partial charge in [-0.2, -0.15) is 10.5 Å². The standard InChI is InChI=1S/C11H8BrN3O/c12-10(11(15)16)4-7-1-2-8(5-13)9(3-7)6-14/h1-3,10H,4H2,(H2,15,16).